The van der Waals surface area contributed by atoms with Gasteiger partial charge in [0, 0.05) is 24.7 Å². The summed E-state index contributed by atoms with van der Waals surface area (Å²) in [5, 5.41) is 11.2. The molecule has 0 aliphatic carbocycles. The van der Waals surface area contributed by atoms with Crippen molar-refractivity contribution in [1.82, 2.24) is 19.5 Å². The molecule has 0 saturated carbocycles. The summed E-state index contributed by atoms with van der Waals surface area (Å²) in [5.41, 5.74) is 0.409. The van der Waals surface area contributed by atoms with Crippen molar-refractivity contribution < 1.29 is 13.2 Å². The molecular weight excluding hydrogens is 400 g/mol. The van der Waals surface area contributed by atoms with E-state index in [2.05, 4.69) is 25.2 Å². The van der Waals surface area contributed by atoms with E-state index in [9.17, 15) is 13.2 Å². The number of thioether (sulfide) groups is 1. The number of sulfonamides is 1. The van der Waals surface area contributed by atoms with E-state index >= 15 is 0 Å². The number of benzene rings is 1. The molecule has 150 valence electrons. The Kier molecular flexibility index (Phi) is 6.35. The van der Waals surface area contributed by atoms with Gasteiger partial charge in [0.15, 0.2) is 5.16 Å². The molecule has 1 amide bonds. The van der Waals surface area contributed by atoms with E-state index in [0.717, 1.165) is 6.42 Å². The molecule has 28 heavy (non-hydrogen) atoms. The molecule has 0 unspecified atom stereocenters. The molecule has 0 atom stereocenters. The van der Waals surface area contributed by atoms with Crippen molar-refractivity contribution in [2.45, 2.75) is 42.8 Å². The predicted molar refractivity (Wildman–Crippen MR) is 108 cm³/mol. The van der Waals surface area contributed by atoms with E-state index in [1.54, 1.807) is 18.5 Å². The Morgan fingerprint density at radius 2 is 2.18 bits per heavy atom. The lowest BCUT2D eigenvalue weighted by Crippen LogP contribution is -2.29. The van der Waals surface area contributed by atoms with Crippen LogP contribution in [0, 0.1) is 0 Å². The Balaban J connectivity index is 1.62. The van der Waals surface area contributed by atoms with Gasteiger partial charge in [-0.1, -0.05) is 17.8 Å². The van der Waals surface area contributed by atoms with Gasteiger partial charge in [-0.3, -0.25) is 14.5 Å². The molecule has 2 N–H and O–H groups in total. The van der Waals surface area contributed by atoms with Crippen molar-refractivity contribution in [1.29, 1.82) is 0 Å². The predicted octanol–water partition coefficient (Wildman–Crippen LogP) is 2.06. The van der Waals surface area contributed by atoms with Crippen LogP contribution >= 0.6 is 11.8 Å². The number of carbonyl (C=O) groups excluding carboxylic acids is 1. The summed E-state index contributed by atoms with van der Waals surface area (Å²) in [6, 6.07) is 6.33. The summed E-state index contributed by atoms with van der Waals surface area (Å²) in [6.07, 6.45) is 3.09. The summed E-state index contributed by atoms with van der Waals surface area (Å²) < 4.78 is 29.3. The number of hydrogen-bond donors (Lipinski definition) is 2. The van der Waals surface area contributed by atoms with Gasteiger partial charge in [-0.15, -0.1) is 10.2 Å². The average molecular weight is 423 g/mol. The standard InChI is InChI=1S/C17H22N6O3S2/c1-12(2)23-11-19-21-17(23)27-10-16(24)20-13-5-3-6-14(9-13)28(25,26)22-15-7-4-8-18-15/h3,5-6,9,11-12H,4,7-8,10H2,1-2H3,(H,18,22)(H,20,24). The Labute approximate surface area is 168 Å². The number of amidine groups is 1. The van der Waals surface area contributed by atoms with Gasteiger partial charge in [0.25, 0.3) is 10.0 Å². The minimum Gasteiger partial charge on any atom is -0.325 e. The first kappa shape index (κ1) is 20.3. The molecule has 11 heteroatoms. The van der Waals surface area contributed by atoms with Gasteiger partial charge in [-0.05, 0) is 38.5 Å². The third-order valence-corrected chi connectivity index (χ3v) is 6.32. The second-order valence-electron chi connectivity index (χ2n) is 6.52. The first-order valence-electron chi connectivity index (χ1n) is 8.83. The van der Waals surface area contributed by atoms with Gasteiger partial charge in [0.05, 0.1) is 10.6 Å². The number of nitrogens with zero attached hydrogens (tertiary/aromatic N) is 4. The van der Waals surface area contributed by atoms with Crippen molar-refractivity contribution >= 4 is 39.2 Å². The molecule has 0 bridgehead atoms. The van der Waals surface area contributed by atoms with Crippen molar-refractivity contribution in [2.24, 2.45) is 4.99 Å². The lowest BCUT2D eigenvalue weighted by molar-refractivity contribution is -0.113. The maximum Gasteiger partial charge on any atom is 0.262 e. The van der Waals surface area contributed by atoms with E-state index in [-0.39, 0.29) is 22.6 Å². The van der Waals surface area contributed by atoms with E-state index in [0.29, 0.717) is 29.6 Å². The highest BCUT2D eigenvalue weighted by molar-refractivity contribution is 7.99. The second kappa shape index (κ2) is 8.74. The smallest absolute Gasteiger partial charge is 0.262 e. The normalized spacial score (nSPS) is 14.2. The summed E-state index contributed by atoms with van der Waals surface area (Å²) >= 11 is 1.27. The number of aromatic nitrogens is 3. The number of anilines is 1. The largest absolute Gasteiger partial charge is 0.325 e. The summed E-state index contributed by atoms with van der Waals surface area (Å²) in [6.45, 7) is 4.64. The minimum atomic E-state index is -3.72. The monoisotopic (exact) mass is 422 g/mol. The maximum atomic E-state index is 12.5. The molecule has 0 saturated heterocycles. The van der Waals surface area contributed by atoms with Crippen LogP contribution in [0.2, 0.25) is 0 Å². The van der Waals surface area contributed by atoms with Gasteiger partial charge >= 0.3 is 0 Å². The molecule has 2 heterocycles. The van der Waals surface area contributed by atoms with Gasteiger partial charge < -0.3 is 9.88 Å². The number of carbonyl (C=O) groups is 1. The third kappa shape index (κ3) is 5.10. The zero-order valence-corrected chi connectivity index (χ0v) is 17.3. The van der Waals surface area contributed by atoms with Crippen LogP contribution in [0.5, 0.6) is 0 Å². The quantitative estimate of drug-likeness (QED) is 0.660. The molecule has 1 aromatic carbocycles. The van der Waals surface area contributed by atoms with Gasteiger partial charge in [-0.2, -0.15) is 0 Å². The Morgan fingerprint density at radius 1 is 1.36 bits per heavy atom. The number of hydrogen-bond acceptors (Lipinski definition) is 7. The molecule has 1 aliphatic rings. The Bertz CT molecular complexity index is 984. The Hall–Kier alpha value is -2.40. The molecule has 1 aromatic heterocycles. The van der Waals surface area contributed by atoms with Crippen molar-refractivity contribution in [3.8, 4) is 0 Å². The highest BCUT2D eigenvalue weighted by atomic mass is 32.2. The van der Waals surface area contributed by atoms with Crippen LogP contribution in [-0.4, -0.2) is 47.2 Å². The van der Waals surface area contributed by atoms with E-state index < -0.39 is 10.0 Å². The van der Waals surface area contributed by atoms with Crippen LogP contribution in [0.4, 0.5) is 5.69 Å². The van der Waals surface area contributed by atoms with Crippen LogP contribution in [0.15, 0.2) is 45.6 Å². The third-order valence-electron chi connectivity index (χ3n) is 3.98. The highest BCUT2D eigenvalue weighted by Crippen LogP contribution is 2.20. The topological polar surface area (TPSA) is 118 Å². The van der Waals surface area contributed by atoms with Crippen LogP contribution in [0.1, 0.15) is 32.7 Å². The van der Waals surface area contributed by atoms with Crippen molar-refractivity contribution in [2.75, 3.05) is 17.6 Å². The lowest BCUT2D eigenvalue weighted by atomic mass is 10.3. The molecule has 9 nitrogen and oxygen atoms in total. The molecule has 0 spiro atoms. The average Bonchev–Trinajstić information content (AvgIpc) is 3.31. The van der Waals surface area contributed by atoms with E-state index in [1.165, 1.54) is 23.9 Å². The zero-order chi connectivity index (χ0) is 20.1. The summed E-state index contributed by atoms with van der Waals surface area (Å²) in [4.78, 5) is 16.5. The molecule has 0 radical (unpaired) electrons. The number of rotatable bonds is 7. The minimum absolute atomic E-state index is 0.0760. The zero-order valence-electron chi connectivity index (χ0n) is 15.6. The molecule has 0 fully saturated rings. The van der Waals surface area contributed by atoms with E-state index in [4.69, 9.17) is 0 Å². The van der Waals surface area contributed by atoms with Gasteiger partial charge in [0.1, 0.15) is 12.2 Å². The van der Waals surface area contributed by atoms with Gasteiger partial charge in [0.2, 0.25) is 5.91 Å². The SMILES string of the molecule is CC(C)n1cnnc1SCC(=O)Nc1cccc(S(=O)(=O)NC2=NCCC2)c1. The van der Waals surface area contributed by atoms with Crippen molar-refractivity contribution in [3.63, 3.8) is 0 Å². The number of aliphatic imine (C=N–C) groups is 1. The highest BCUT2D eigenvalue weighted by Gasteiger charge is 2.19. The van der Waals surface area contributed by atoms with E-state index in [1.807, 2.05) is 18.4 Å². The lowest BCUT2D eigenvalue weighted by Gasteiger charge is -2.11. The fraction of sp³-hybridized carbons (Fsp3) is 0.412. The van der Waals surface area contributed by atoms with Crippen LogP contribution in [-0.2, 0) is 14.8 Å². The first-order valence-corrected chi connectivity index (χ1v) is 11.3. The molecule has 2 aromatic rings. The van der Waals surface area contributed by atoms with Crippen LogP contribution < -0.4 is 10.0 Å². The van der Waals surface area contributed by atoms with Gasteiger partial charge in [-0.25, -0.2) is 8.42 Å². The fourth-order valence-corrected chi connectivity index (χ4v) is 4.57. The van der Waals surface area contributed by atoms with Crippen LogP contribution in [0.25, 0.3) is 0 Å². The first-order chi connectivity index (χ1) is 13.3. The maximum absolute atomic E-state index is 12.5. The molecular formula is C17H22N6O3S2. The number of nitrogens with one attached hydrogen (secondary N) is 2. The summed E-state index contributed by atoms with van der Waals surface area (Å²) in [7, 11) is -3.72. The molecule has 3 rings (SSSR count). The van der Waals surface area contributed by atoms with Crippen LogP contribution in [0.3, 0.4) is 0 Å². The second-order valence-corrected chi connectivity index (χ2v) is 9.14. The molecule has 1 aliphatic heterocycles. The van der Waals surface area contributed by atoms with Crippen molar-refractivity contribution in [3.05, 3.63) is 30.6 Å². The Morgan fingerprint density at radius 3 is 2.89 bits per heavy atom. The fourth-order valence-electron chi connectivity index (χ4n) is 2.59. The number of amides is 1. The summed E-state index contributed by atoms with van der Waals surface area (Å²) in [5.74, 6) is 0.350.